The maximum atomic E-state index is 12.7. The second-order valence-corrected chi connectivity index (χ2v) is 9.43. The zero-order chi connectivity index (χ0) is 19.6. The molecule has 0 saturated heterocycles. The van der Waals surface area contributed by atoms with Gasteiger partial charge in [-0.25, -0.2) is 0 Å². The fourth-order valence-electron chi connectivity index (χ4n) is 6.57. The summed E-state index contributed by atoms with van der Waals surface area (Å²) in [7, 11) is 1.43. The van der Waals surface area contributed by atoms with E-state index in [2.05, 4.69) is 31.9 Å². The number of fused-ring (bicyclic) bond motifs is 5. The van der Waals surface area contributed by atoms with E-state index in [9.17, 15) is 15.0 Å². The fourth-order valence-corrected chi connectivity index (χ4v) is 6.57. The lowest BCUT2D eigenvalue weighted by molar-refractivity contribution is -0.147. The Labute approximate surface area is 161 Å². The maximum Gasteiger partial charge on any atom is 0.313 e. The molecule has 4 aliphatic rings. The third kappa shape index (κ3) is 2.34. The van der Waals surface area contributed by atoms with Crippen molar-refractivity contribution in [3.63, 3.8) is 0 Å². The minimum Gasteiger partial charge on any atom is -0.469 e. The zero-order valence-corrected chi connectivity index (χ0v) is 16.5. The van der Waals surface area contributed by atoms with Crippen molar-refractivity contribution in [2.45, 2.75) is 64.1 Å². The molecule has 0 aromatic heterocycles. The molecule has 4 nitrogen and oxygen atoms in total. The lowest BCUT2D eigenvalue weighted by atomic mass is 9.49. The molecule has 2 N–H and O–H groups in total. The fraction of sp³-hybridized carbons (Fsp3) is 0.696. The van der Waals surface area contributed by atoms with Gasteiger partial charge in [-0.2, -0.15) is 0 Å². The molecule has 4 heteroatoms. The van der Waals surface area contributed by atoms with Crippen LogP contribution >= 0.6 is 0 Å². The Balaban J connectivity index is 1.86. The number of methoxy groups -OCH3 is 1. The molecule has 2 saturated carbocycles. The van der Waals surface area contributed by atoms with E-state index in [1.54, 1.807) is 0 Å². The Kier molecular flexibility index (Phi) is 4.15. The highest BCUT2D eigenvalue weighted by Crippen LogP contribution is 2.66. The van der Waals surface area contributed by atoms with Gasteiger partial charge >= 0.3 is 5.97 Å². The molecular formula is C23H30O4. The van der Waals surface area contributed by atoms with Gasteiger partial charge in [-0.05, 0) is 44.4 Å². The standard InChI is InChI=1S/C23H30O4/c1-5-23(26)11-8-18-19-16(20(25)27-4)13-14-12-15(24)6-9-21(14,2)17(19)7-10-22(18,23)3/h1,7,13,15-16,18-19,24,26H,6,8-12H2,2-4H3/t15-,16+,18-,19+,21-,22-,23-/m0/s1. The van der Waals surface area contributed by atoms with Crippen LogP contribution in [-0.4, -0.2) is 35.0 Å². The number of aliphatic hydroxyl groups is 2. The number of aliphatic hydroxyl groups excluding tert-OH is 1. The van der Waals surface area contributed by atoms with Crippen molar-refractivity contribution in [2.75, 3.05) is 7.11 Å². The molecule has 0 aromatic rings. The molecule has 0 spiro atoms. The number of hydrogen-bond donors (Lipinski definition) is 2. The van der Waals surface area contributed by atoms with Crippen LogP contribution in [0.15, 0.2) is 23.3 Å². The van der Waals surface area contributed by atoms with Gasteiger partial charge in [-0.15, -0.1) is 6.42 Å². The number of carbonyl (C=O) groups is 1. The maximum absolute atomic E-state index is 12.7. The van der Waals surface area contributed by atoms with Gasteiger partial charge in [0.2, 0.25) is 0 Å². The molecule has 146 valence electrons. The molecule has 0 bridgehead atoms. The topological polar surface area (TPSA) is 66.8 Å². The van der Waals surface area contributed by atoms with Crippen LogP contribution in [0.1, 0.15) is 52.4 Å². The highest BCUT2D eigenvalue weighted by Gasteiger charge is 2.63. The molecule has 4 rings (SSSR count). The molecule has 2 fully saturated rings. The predicted molar refractivity (Wildman–Crippen MR) is 102 cm³/mol. The van der Waals surface area contributed by atoms with Gasteiger partial charge in [0, 0.05) is 16.7 Å². The van der Waals surface area contributed by atoms with Crippen LogP contribution in [0, 0.1) is 40.9 Å². The van der Waals surface area contributed by atoms with E-state index in [0.29, 0.717) is 12.8 Å². The molecule has 0 radical (unpaired) electrons. The van der Waals surface area contributed by atoms with Crippen LogP contribution in [0.5, 0.6) is 0 Å². The minimum atomic E-state index is -1.13. The number of ether oxygens (including phenoxy) is 1. The van der Waals surface area contributed by atoms with Crippen LogP contribution in [0.4, 0.5) is 0 Å². The third-order valence-corrected chi connectivity index (χ3v) is 8.38. The first kappa shape index (κ1) is 18.8. The Morgan fingerprint density at radius 1 is 1.33 bits per heavy atom. The molecule has 0 amide bonds. The molecule has 0 heterocycles. The summed E-state index contributed by atoms with van der Waals surface area (Å²) in [6, 6.07) is 0. The number of carbonyl (C=O) groups excluding carboxylic acids is 1. The van der Waals surface area contributed by atoms with Crippen molar-refractivity contribution in [2.24, 2.45) is 28.6 Å². The summed E-state index contributed by atoms with van der Waals surface area (Å²) in [5.74, 6) is 2.20. The van der Waals surface area contributed by atoms with Crippen LogP contribution < -0.4 is 0 Å². The van der Waals surface area contributed by atoms with E-state index in [1.165, 1.54) is 12.7 Å². The molecule has 0 aromatic carbocycles. The molecular weight excluding hydrogens is 340 g/mol. The summed E-state index contributed by atoms with van der Waals surface area (Å²) in [6.45, 7) is 4.33. The average Bonchev–Trinajstić information content (AvgIpc) is 2.93. The van der Waals surface area contributed by atoms with E-state index < -0.39 is 11.0 Å². The van der Waals surface area contributed by atoms with Gasteiger partial charge in [-0.3, -0.25) is 4.79 Å². The van der Waals surface area contributed by atoms with Crippen LogP contribution in [0.2, 0.25) is 0 Å². The van der Waals surface area contributed by atoms with E-state index in [0.717, 1.165) is 31.3 Å². The minimum absolute atomic E-state index is 0.00238. The zero-order valence-electron chi connectivity index (χ0n) is 16.5. The normalized spacial score (nSPS) is 48.3. The second-order valence-electron chi connectivity index (χ2n) is 9.43. The number of esters is 1. The SMILES string of the molecule is C#C[C@]1(O)CC[C@H]2[C@H]3C(=CC[C@@]21C)[C@@]1(C)CC[C@H](O)CC1=C[C@H]3C(=O)OC. The quantitative estimate of drug-likeness (QED) is 0.423. The van der Waals surface area contributed by atoms with Gasteiger partial charge in [0.1, 0.15) is 5.60 Å². The number of allylic oxidation sites excluding steroid dienone is 2. The predicted octanol–water partition coefficient (Wildman–Crippen LogP) is 2.99. The molecule has 27 heavy (non-hydrogen) atoms. The van der Waals surface area contributed by atoms with E-state index >= 15 is 0 Å². The smallest absolute Gasteiger partial charge is 0.313 e. The summed E-state index contributed by atoms with van der Waals surface area (Å²) >= 11 is 0. The van der Waals surface area contributed by atoms with Gasteiger partial charge in [0.15, 0.2) is 0 Å². The Morgan fingerprint density at radius 3 is 2.74 bits per heavy atom. The molecule has 7 atom stereocenters. The second kappa shape index (κ2) is 5.96. The highest BCUT2D eigenvalue weighted by molar-refractivity contribution is 5.77. The first-order chi connectivity index (χ1) is 12.7. The van der Waals surface area contributed by atoms with Crippen molar-refractivity contribution in [1.82, 2.24) is 0 Å². The monoisotopic (exact) mass is 370 g/mol. The largest absolute Gasteiger partial charge is 0.469 e. The van der Waals surface area contributed by atoms with Crippen LogP contribution in [-0.2, 0) is 9.53 Å². The van der Waals surface area contributed by atoms with Crippen molar-refractivity contribution in [1.29, 1.82) is 0 Å². The summed E-state index contributed by atoms with van der Waals surface area (Å²) in [5, 5.41) is 21.3. The Bertz CT molecular complexity index is 774. The van der Waals surface area contributed by atoms with Gasteiger partial charge in [0.25, 0.3) is 0 Å². The van der Waals surface area contributed by atoms with Crippen molar-refractivity contribution in [3.05, 3.63) is 23.3 Å². The number of terminal acetylenes is 1. The van der Waals surface area contributed by atoms with Crippen LogP contribution in [0.3, 0.4) is 0 Å². The average molecular weight is 370 g/mol. The number of hydrogen-bond acceptors (Lipinski definition) is 4. The summed E-state index contributed by atoms with van der Waals surface area (Å²) in [4.78, 5) is 12.7. The summed E-state index contributed by atoms with van der Waals surface area (Å²) < 4.78 is 5.16. The molecule has 0 aliphatic heterocycles. The Hall–Kier alpha value is -1.57. The van der Waals surface area contributed by atoms with Crippen LogP contribution in [0.25, 0.3) is 0 Å². The van der Waals surface area contributed by atoms with E-state index in [-0.39, 0.29) is 35.2 Å². The van der Waals surface area contributed by atoms with Gasteiger partial charge in [-0.1, -0.05) is 43.1 Å². The Morgan fingerprint density at radius 2 is 2.07 bits per heavy atom. The molecule has 0 unspecified atom stereocenters. The third-order valence-electron chi connectivity index (χ3n) is 8.38. The summed E-state index contributed by atoms with van der Waals surface area (Å²) in [5.41, 5.74) is 0.776. The molecule has 4 aliphatic carbocycles. The van der Waals surface area contributed by atoms with E-state index in [4.69, 9.17) is 11.2 Å². The van der Waals surface area contributed by atoms with Crippen molar-refractivity contribution >= 4 is 5.97 Å². The lowest BCUT2D eigenvalue weighted by Gasteiger charge is -2.55. The van der Waals surface area contributed by atoms with Crippen molar-refractivity contribution in [3.8, 4) is 12.3 Å². The number of rotatable bonds is 1. The first-order valence-corrected chi connectivity index (χ1v) is 10.1. The van der Waals surface area contributed by atoms with Gasteiger partial charge < -0.3 is 14.9 Å². The highest BCUT2D eigenvalue weighted by atomic mass is 16.5. The van der Waals surface area contributed by atoms with E-state index in [1.807, 2.05) is 0 Å². The van der Waals surface area contributed by atoms with Crippen molar-refractivity contribution < 1.29 is 19.7 Å². The summed E-state index contributed by atoms with van der Waals surface area (Å²) in [6.07, 6.45) is 14.1. The first-order valence-electron chi connectivity index (χ1n) is 10.1. The lowest BCUT2D eigenvalue weighted by Crippen LogP contribution is -2.53. The van der Waals surface area contributed by atoms with Gasteiger partial charge in [0.05, 0.1) is 19.1 Å².